The molecule has 4 heteroatoms. The van der Waals surface area contributed by atoms with Crippen LogP contribution in [0.5, 0.6) is 0 Å². The van der Waals surface area contributed by atoms with Crippen molar-refractivity contribution in [2.24, 2.45) is 0 Å². The molecule has 1 N–H and O–H groups in total. The number of hydrogen-bond donors (Lipinski definition) is 1. The minimum absolute atomic E-state index is 0.218. The second kappa shape index (κ2) is 8.21. The highest BCUT2D eigenvalue weighted by Gasteiger charge is 2.03. The van der Waals surface area contributed by atoms with E-state index in [0.717, 1.165) is 25.9 Å². The molecular weight excluding hydrogens is 184 g/mol. The molecule has 0 aromatic rings. The van der Waals surface area contributed by atoms with Gasteiger partial charge in [-0.05, 0) is 26.3 Å². The quantitative estimate of drug-likeness (QED) is 0.627. The van der Waals surface area contributed by atoms with E-state index in [4.69, 9.17) is 5.26 Å². The molecule has 0 radical (unpaired) electrons. The lowest BCUT2D eigenvalue weighted by Crippen LogP contribution is -2.28. The third-order valence-corrected chi connectivity index (χ3v) is 3.19. The summed E-state index contributed by atoms with van der Waals surface area (Å²) < 4.78 is 10.9. The van der Waals surface area contributed by atoms with Crippen molar-refractivity contribution in [3.63, 3.8) is 0 Å². The Labute approximate surface area is 83.0 Å². The van der Waals surface area contributed by atoms with E-state index < -0.39 is 10.8 Å². The Morgan fingerprint density at radius 2 is 2.23 bits per heavy atom. The van der Waals surface area contributed by atoms with Crippen molar-refractivity contribution >= 4 is 10.8 Å². The maximum absolute atomic E-state index is 10.9. The topological polar surface area (TPSA) is 52.9 Å². The normalized spacial score (nSPS) is 14.8. The molecule has 0 fully saturated rings. The van der Waals surface area contributed by atoms with Gasteiger partial charge in [-0.3, -0.25) is 4.21 Å². The maximum atomic E-state index is 10.9. The SMILES string of the molecule is CC(CNCCCCC#N)S(C)=O. The van der Waals surface area contributed by atoms with Gasteiger partial charge < -0.3 is 5.32 Å². The number of nitriles is 1. The smallest absolute Gasteiger partial charge is 0.0621 e. The zero-order valence-corrected chi connectivity index (χ0v) is 9.19. The first kappa shape index (κ1) is 12.6. The van der Waals surface area contributed by atoms with Gasteiger partial charge in [-0.2, -0.15) is 5.26 Å². The Morgan fingerprint density at radius 3 is 2.77 bits per heavy atom. The fourth-order valence-corrected chi connectivity index (χ4v) is 1.23. The van der Waals surface area contributed by atoms with Gasteiger partial charge in [0.05, 0.1) is 6.07 Å². The lowest BCUT2D eigenvalue weighted by Gasteiger charge is -2.08. The molecular formula is C9H18N2OS. The summed E-state index contributed by atoms with van der Waals surface area (Å²) in [7, 11) is -0.734. The zero-order valence-electron chi connectivity index (χ0n) is 8.38. The van der Waals surface area contributed by atoms with Crippen molar-refractivity contribution in [3.05, 3.63) is 0 Å². The number of unbranched alkanes of at least 4 members (excludes halogenated alkanes) is 2. The van der Waals surface area contributed by atoms with Gasteiger partial charge in [-0.1, -0.05) is 0 Å². The molecule has 0 aromatic heterocycles. The van der Waals surface area contributed by atoms with Gasteiger partial charge in [0.1, 0.15) is 0 Å². The molecule has 0 aliphatic heterocycles. The summed E-state index contributed by atoms with van der Waals surface area (Å²) in [5.41, 5.74) is 0. The van der Waals surface area contributed by atoms with Gasteiger partial charge in [0.2, 0.25) is 0 Å². The van der Waals surface area contributed by atoms with Crippen molar-refractivity contribution in [1.29, 1.82) is 5.26 Å². The first-order chi connectivity index (χ1) is 6.18. The van der Waals surface area contributed by atoms with Crippen molar-refractivity contribution < 1.29 is 4.21 Å². The number of nitrogens with one attached hydrogen (secondary N) is 1. The summed E-state index contributed by atoms with van der Waals surface area (Å²) in [4.78, 5) is 0. The predicted octanol–water partition coefficient (Wildman–Crippen LogP) is 1.04. The van der Waals surface area contributed by atoms with Crippen molar-refractivity contribution in [3.8, 4) is 6.07 Å². The molecule has 0 saturated carbocycles. The summed E-state index contributed by atoms with van der Waals surface area (Å²) in [6, 6.07) is 2.11. The number of rotatable bonds is 7. The van der Waals surface area contributed by atoms with Crippen LogP contribution in [0.1, 0.15) is 26.2 Å². The van der Waals surface area contributed by atoms with Gasteiger partial charge in [0.15, 0.2) is 0 Å². The Kier molecular flexibility index (Phi) is 7.96. The highest BCUT2D eigenvalue weighted by Crippen LogP contribution is 1.93. The molecule has 0 aliphatic rings. The Morgan fingerprint density at radius 1 is 1.54 bits per heavy atom. The van der Waals surface area contributed by atoms with E-state index in [0.29, 0.717) is 6.42 Å². The van der Waals surface area contributed by atoms with Gasteiger partial charge >= 0.3 is 0 Å². The summed E-state index contributed by atoms with van der Waals surface area (Å²) in [5.74, 6) is 0. The second-order valence-corrected chi connectivity index (χ2v) is 4.93. The van der Waals surface area contributed by atoms with Crippen LogP contribution in [0.25, 0.3) is 0 Å². The van der Waals surface area contributed by atoms with Crippen LogP contribution in [0.2, 0.25) is 0 Å². The minimum atomic E-state index is -0.734. The van der Waals surface area contributed by atoms with Crippen molar-refractivity contribution in [1.82, 2.24) is 5.32 Å². The fourth-order valence-electron chi connectivity index (χ4n) is 0.877. The average Bonchev–Trinajstić information content (AvgIpc) is 2.10. The van der Waals surface area contributed by atoms with Crippen molar-refractivity contribution in [2.45, 2.75) is 31.4 Å². The van der Waals surface area contributed by atoms with Crippen LogP contribution in [0.3, 0.4) is 0 Å². The zero-order chi connectivity index (χ0) is 10.1. The lowest BCUT2D eigenvalue weighted by atomic mass is 10.2. The maximum Gasteiger partial charge on any atom is 0.0621 e. The molecule has 0 rings (SSSR count). The molecule has 0 amide bonds. The first-order valence-corrected chi connectivity index (χ1v) is 6.20. The predicted molar refractivity (Wildman–Crippen MR) is 55.9 cm³/mol. The number of nitrogens with zero attached hydrogens (tertiary/aromatic N) is 1. The van der Waals surface area contributed by atoms with Crippen LogP contribution in [0.4, 0.5) is 0 Å². The Hall–Kier alpha value is -0.400. The molecule has 0 aromatic carbocycles. The largest absolute Gasteiger partial charge is 0.316 e. The standard InChI is InChI=1S/C9H18N2OS/c1-9(13(2)12)8-11-7-5-3-4-6-10/h9,11H,3-5,7-8H2,1-2H3. The first-order valence-electron chi connectivity index (χ1n) is 4.58. The molecule has 3 nitrogen and oxygen atoms in total. The molecule has 0 spiro atoms. The van der Waals surface area contributed by atoms with Gasteiger partial charge in [-0.15, -0.1) is 0 Å². The number of hydrogen-bond acceptors (Lipinski definition) is 3. The molecule has 0 saturated heterocycles. The lowest BCUT2D eigenvalue weighted by molar-refractivity contribution is 0.615. The molecule has 0 aliphatic carbocycles. The molecule has 76 valence electrons. The average molecular weight is 202 g/mol. The van der Waals surface area contributed by atoms with E-state index in [2.05, 4.69) is 11.4 Å². The third kappa shape index (κ3) is 7.94. The Balaban J connectivity index is 3.17. The van der Waals surface area contributed by atoms with E-state index in [-0.39, 0.29) is 5.25 Å². The van der Waals surface area contributed by atoms with E-state index in [1.54, 1.807) is 6.26 Å². The van der Waals surface area contributed by atoms with Crippen LogP contribution in [-0.4, -0.2) is 28.8 Å². The van der Waals surface area contributed by atoms with Gasteiger partial charge in [0, 0.05) is 35.3 Å². The van der Waals surface area contributed by atoms with E-state index in [1.807, 2.05) is 6.92 Å². The van der Waals surface area contributed by atoms with Crippen LogP contribution in [-0.2, 0) is 10.8 Å². The van der Waals surface area contributed by atoms with Crippen LogP contribution < -0.4 is 5.32 Å². The molecule has 0 heterocycles. The molecule has 13 heavy (non-hydrogen) atoms. The third-order valence-electron chi connectivity index (χ3n) is 1.89. The monoisotopic (exact) mass is 202 g/mol. The molecule has 0 bridgehead atoms. The van der Waals surface area contributed by atoms with Gasteiger partial charge in [-0.25, -0.2) is 0 Å². The second-order valence-electron chi connectivity index (χ2n) is 3.13. The van der Waals surface area contributed by atoms with Gasteiger partial charge in [0.25, 0.3) is 0 Å². The summed E-state index contributed by atoms with van der Waals surface area (Å²) >= 11 is 0. The van der Waals surface area contributed by atoms with Crippen LogP contribution in [0, 0.1) is 11.3 Å². The highest BCUT2D eigenvalue weighted by atomic mass is 32.2. The fraction of sp³-hybridized carbons (Fsp3) is 0.889. The minimum Gasteiger partial charge on any atom is -0.316 e. The highest BCUT2D eigenvalue weighted by molar-refractivity contribution is 7.84. The molecule has 2 atom stereocenters. The van der Waals surface area contributed by atoms with E-state index in [1.165, 1.54) is 0 Å². The summed E-state index contributed by atoms with van der Waals surface area (Å²) in [5, 5.41) is 11.7. The Bertz CT molecular complexity index is 189. The van der Waals surface area contributed by atoms with E-state index in [9.17, 15) is 4.21 Å². The van der Waals surface area contributed by atoms with Crippen LogP contribution in [0.15, 0.2) is 0 Å². The summed E-state index contributed by atoms with van der Waals surface area (Å²) in [6.45, 7) is 3.69. The van der Waals surface area contributed by atoms with Crippen LogP contribution >= 0.6 is 0 Å². The molecule has 2 unspecified atom stereocenters. The van der Waals surface area contributed by atoms with E-state index >= 15 is 0 Å². The summed E-state index contributed by atoms with van der Waals surface area (Å²) in [6.07, 6.45) is 4.34. The van der Waals surface area contributed by atoms with Crippen molar-refractivity contribution in [2.75, 3.05) is 19.3 Å².